The Morgan fingerprint density at radius 1 is 1.36 bits per heavy atom. The first-order valence-electron chi connectivity index (χ1n) is 6.09. The highest BCUT2D eigenvalue weighted by molar-refractivity contribution is 7.82. The van der Waals surface area contributed by atoms with Crippen LogP contribution < -0.4 is 9.62 Å². The number of hydrogen-bond acceptors (Lipinski definition) is 5. The van der Waals surface area contributed by atoms with Crippen LogP contribution in [0.15, 0.2) is 41.3 Å². The van der Waals surface area contributed by atoms with E-state index in [4.69, 9.17) is 9.52 Å². The first-order chi connectivity index (χ1) is 10.5. The Morgan fingerprint density at radius 3 is 2.91 bits per heavy atom. The number of carboxylic acid groups (broad SMARTS) is 1. The average Bonchev–Trinajstić information content (AvgIpc) is 3.15. The van der Waals surface area contributed by atoms with Crippen molar-refractivity contribution in [3.05, 3.63) is 42.6 Å². The molecule has 112 valence electrons. The number of H-pyrrole nitrogens is 1. The first-order valence-corrected chi connectivity index (χ1v) is 6.49. The van der Waals surface area contributed by atoms with Gasteiger partial charge in [0.25, 0.3) is 0 Å². The van der Waals surface area contributed by atoms with Gasteiger partial charge in [0, 0.05) is 11.8 Å². The fourth-order valence-corrected chi connectivity index (χ4v) is 2.01. The predicted molar refractivity (Wildman–Crippen MR) is 82.2 cm³/mol. The molecule has 2 aromatic heterocycles. The number of carbonyl (C=O) groups is 2. The number of rotatable bonds is 3. The Labute approximate surface area is 129 Å². The molecule has 22 heavy (non-hydrogen) atoms. The number of carbonyl (C=O) groups excluding carboxylic acids is 1. The Bertz CT molecular complexity index is 856. The van der Waals surface area contributed by atoms with E-state index in [2.05, 4.69) is 28.1 Å². The molecule has 0 radical (unpaired) electrons. The smallest absolute Gasteiger partial charge is 0.371 e. The third kappa shape index (κ3) is 2.61. The number of imidazole rings is 1. The van der Waals surface area contributed by atoms with E-state index in [0.29, 0.717) is 5.69 Å². The van der Waals surface area contributed by atoms with E-state index in [1.807, 2.05) is 0 Å². The molecule has 0 unspecified atom stereocenters. The zero-order valence-corrected chi connectivity index (χ0v) is 11.9. The number of urea groups is 1. The molecule has 2 heterocycles. The minimum Gasteiger partial charge on any atom is -0.475 e. The minimum atomic E-state index is -1.22. The Morgan fingerprint density at radius 2 is 2.18 bits per heavy atom. The van der Waals surface area contributed by atoms with Crippen molar-refractivity contribution in [1.29, 1.82) is 0 Å². The molecular formula is C13H10N4O4S. The third-order valence-electron chi connectivity index (χ3n) is 2.90. The summed E-state index contributed by atoms with van der Waals surface area (Å²) in [6.45, 7) is 0. The van der Waals surface area contributed by atoms with Gasteiger partial charge in [-0.25, -0.2) is 18.9 Å². The van der Waals surface area contributed by atoms with Crippen LogP contribution in [0, 0.1) is 0 Å². The molecule has 0 aliphatic rings. The van der Waals surface area contributed by atoms with Crippen LogP contribution in [0.2, 0.25) is 0 Å². The van der Waals surface area contributed by atoms with Crippen molar-refractivity contribution >= 4 is 47.2 Å². The van der Waals surface area contributed by atoms with Crippen LogP contribution in [0.1, 0.15) is 10.6 Å². The number of nitrogens with one attached hydrogen (secondary N) is 2. The number of hydrogen-bond donors (Lipinski definition) is 4. The van der Waals surface area contributed by atoms with Gasteiger partial charge in [0.15, 0.2) is 0 Å². The lowest BCUT2D eigenvalue weighted by atomic mass is 10.3. The van der Waals surface area contributed by atoms with Crippen molar-refractivity contribution in [3.8, 4) is 0 Å². The number of benzene rings is 1. The molecule has 0 saturated carbocycles. The van der Waals surface area contributed by atoms with E-state index < -0.39 is 12.0 Å². The monoisotopic (exact) mass is 318 g/mol. The molecule has 0 bridgehead atoms. The van der Waals surface area contributed by atoms with Crippen LogP contribution in [-0.4, -0.2) is 27.1 Å². The lowest BCUT2D eigenvalue weighted by Crippen LogP contribution is -2.26. The maximum absolute atomic E-state index is 12.1. The number of fused-ring (bicyclic) bond motifs is 1. The molecular weight excluding hydrogens is 308 g/mol. The van der Waals surface area contributed by atoms with Gasteiger partial charge in [0.2, 0.25) is 5.76 Å². The number of anilines is 2. The Balaban J connectivity index is 1.76. The zero-order chi connectivity index (χ0) is 15.7. The molecule has 0 atom stereocenters. The number of thiol groups is 1. The highest BCUT2D eigenvalue weighted by Crippen LogP contribution is 2.22. The number of amides is 2. The molecule has 8 nitrogen and oxygen atoms in total. The van der Waals surface area contributed by atoms with Gasteiger partial charge in [-0.1, -0.05) is 12.8 Å². The van der Waals surface area contributed by atoms with E-state index in [1.165, 1.54) is 6.07 Å². The summed E-state index contributed by atoms with van der Waals surface area (Å²) in [6, 6.07) is 5.82. The maximum atomic E-state index is 12.1. The largest absolute Gasteiger partial charge is 0.475 e. The highest BCUT2D eigenvalue weighted by Gasteiger charge is 2.17. The number of carboxylic acids is 1. The number of aromatic nitrogens is 2. The van der Waals surface area contributed by atoms with Gasteiger partial charge in [0.1, 0.15) is 6.26 Å². The van der Waals surface area contributed by atoms with Gasteiger partial charge < -0.3 is 19.8 Å². The molecule has 9 heteroatoms. The fraction of sp³-hybridized carbons (Fsp3) is 0. The summed E-state index contributed by atoms with van der Waals surface area (Å²) in [7, 11) is 0. The van der Waals surface area contributed by atoms with Gasteiger partial charge in [-0.3, -0.25) is 0 Å². The van der Waals surface area contributed by atoms with Crippen molar-refractivity contribution in [1.82, 2.24) is 9.97 Å². The van der Waals surface area contributed by atoms with Crippen molar-refractivity contribution in [3.63, 3.8) is 0 Å². The summed E-state index contributed by atoms with van der Waals surface area (Å²) in [5.41, 5.74) is 2.31. The van der Waals surface area contributed by atoms with E-state index in [1.54, 1.807) is 24.5 Å². The molecule has 0 spiro atoms. The fourth-order valence-electron chi connectivity index (χ4n) is 1.86. The normalized spacial score (nSPS) is 10.6. The summed E-state index contributed by atoms with van der Waals surface area (Å²) >= 11 is 4.04. The molecule has 0 aliphatic carbocycles. The topological polar surface area (TPSA) is 111 Å². The quantitative estimate of drug-likeness (QED) is 0.555. The SMILES string of the molecule is O=C(O)c1cc(N(S)C(=O)Nc2ccc3nc[nH]c3c2)co1. The summed E-state index contributed by atoms with van der Waals surface area (Å²) in [6.07, 6.45) is 2.69. The maximum Gasteiger partial charge on any atom is 0.371 e. The zero-order valence-electron chi connectivity index (χ0n) is 11.0. The summed E-state index contributed by atoms with van der Waals surface area (Å²) in [5, 5.41) is 11.4. The minimum absolute atomic E-state index is 0.209. The second-order valence-corrected chi connectivity index (χ2v) is 4.75. The summed E-state index contributed by atoms with van der Waals surface area (Å²) in [4.78, 5) is 29.9. The first kappa shape index (κ1) is 14.0. The van der Waals surface area contributed by atoms with Crippen LogP contribution in [0.25, 0.3) is 11.0 Å². The van der Waals surface area contributed by atoms with E-state index in [0.717, 1.165) is 21.6 Å². The lowest BCUT2D eigenvalue weighted by Gasteiger charge is -2.14. The molecule has 1 aromatic carbocycles. The van der Waals surface area contributed by atoms with Gasteiger partial charge in [-0.15, -0.1) is 0 Å². The molecule has 0 saturated heterocycles. The van der Waals surface area contributed by atoms with Crippen LogP contribution in [0.3, 0.4) is 0 Å². The second kappa shape index (κ2) is 5.45. The Kier molecular flexibility index (Phi) is 3.47. The number of aromatic amines is 1. The van der Waals surface area contributed by atoms with Crippen LogP contribution in [0.5, 0.6) is 0 Å². The number of aromatic carboxylic acids is 1. The Hall–Kier alpha value is -2.94. The molecule has 3 rings (SSSR count). The molecule has 3 N–H and O–H groups in total. The van der Waals surface area contributed by atoms with E-state index in [-0.39, 0.29) is 11.4 Å². The summed E-state index contributed by atoms with van der Waals surface area (Å²) < 4.78 is 5.76. The van der Waals surface area contributed by atoms with Crippen molar-refractivity contribution in [2.45, 2.75) is 0 Å². The van der Waals surface area contributed by atoms with Gasteiger partial charge in [-0.2, -0.15) is 0 Å². The molecule has 0 fully saturated rings. The molecule has 0 aliphatic heterocycles. The van der Waals surface area contributed by atoms with Gasteiger partial charge in [-0.05, 0) is 18.2 Å². The molecule has 3 aromatic rings. The van der Waals surface area contributed by atoms with E-state index in [9.17, 15) is 9.59 Å². The third-order valence-corrected chi connectivity index (χ3v) is 3.32. The van der Waals surface area contributed by atoms with Crippen molar-refractivity contribution in [2.24, 2.45) is 0 Å². The standard InChI is InChI=1S/C13H10N4O4S/c18-12(19)11-4-8(5-21-11)17(22)13(20)16-7-1-2-9-10(3-7)15-6-14-9/h1-6,22H,(H,14,15)(H,16,20)(H,18,19). The highest BCUT2D eigenvalue weighted by atomic mass is 32.1. The average molecular weight is 318 g/mol. The van der Waals surface area contributed by atoms with Crippen molar-refractivity contribution in [2.75, 3.05) is 9.62 Å². The number of furan rings is 1. The number of nitrogens with zero attached hydrogens (tertiary/aromatic N) is 2. The van der Waals surface area contributed by atoms with Gasteiger partial charge >= 0.3 is 12.0 Å². The van der Waals surface area contributed by atoms with Crippen LogP contribution >= 0.6 is 12.8 Å². The summed E-state index contributed by atoms with van der Waals surface area (Å²) in [5.74, 6) is -1.50. The van der Waals surface area contributed by atoms with Crippen LogP contribution in [-0.2, 0) is 0 Å². The second-order valence-electron chi connectivity index (χ2n) is 4.35. The molecule has 2 amide bonds. The lowest BCUT2D eigenvalue weighted by molar-refractivity contribution is 0.0662. The van der Waals surface area contributed by atoms with E-state index >= 15 is 0 Å². The predicted octanol–water partition coefficient (Wildman–Crippen LogP) is 2.74. The van der Waals surface area contributed by atoms with Gasteiger partial charge in [0.05, 0.1) is 23.0 Å². The van der Waals surface area contributed by atoms with Crippen LogP contribution in [0.4, 0.5) is 16.2 Å². The van der Waals surface area contributed by atoms with Crippen molar-refractivity contribution < 1.29 is 19.1 Å².